The Balaban J connectivity index is 2.78. The highest BCUT2D eigenvalue weighted by Crippen LogP contribution is 2.21. The maximum atomic E-state index is 11.2. The van der Waals surface area contributed by atoms with Gasteiger partial charge in [0, 0.05) is 23.1 Å². The van der Waals surface area contributed by atoms with Crippen LogP contribution < -0.4 is 16.1 Å². The van der Waals surface area contributed by atoms with Crippen LogP contribution in [0, 0.1) is 0 Å². The van der Waals surface area contributed by atoms with Gasteiger partial charge in [0.25, 0.3) is 0 Å². The zero-order valence-electron chi connectivity index (χ0n) is 8.45. The van der Waals surface area contributed by atoms with Gasteiger partial charge in [-0.15, -0.1) is 0 Å². The molecule has 0 fully saturated rings. The van der Waals surface area contributed by atoms with Gasteiger partial charge in [0.2, 0.25) is 0 Å². The van der Waals surface area contributed by atoms with Crippen LogP contribution in [-0.4, -0.2) is 7.11 Å². The van der Waals surface area contributed by atoms with E-state index in [4.69, 9.17) is 9.15 Å². The van der Waals surface area contributed by atoms with Gasteiger partial charge < -0.3 is 14.9 Å². The highest BCUT2D eigenvalue weighted by Gasteiger charge is 2.06. The molecule has 3 N–H and O–H groups in total. The average molecular weight is 206 g/mol. The smallest absolute Gasteiger partial charge is 0.336 e. The Labute approximate surface area is 86.3 Å². The van der Waals surface area contributed by atoms with Crippen molar-refractivity contribution in [2.24, 2.45) is 0 Å². The first-order chi connectivity index (χ1) is 7.24. The van der Waals surface area contributed by atoms with E-state index in [1.807, 2.05) is 12.1 Å². The Morgan fingerprint density at radius 2 is 2.20 bits per heavy atom. The number of benzene rings is 1. The van der Waals surface area contributed by atoms with E-state index in [-0.39, 0.29) is 5.63 Å². The number of hydrogen-bond acceptors (Lipinski definition) is 3. The molecule has 0 aliphatic carbocycles. The third kappa shape index (κ3) is 1.71. The molecule has 1 aromatic heterocycles. The first-order valence-electron chi connectivity index (χ1n) is 4.64. The standard InChI is InChI=1S/C11H11NO3/c1-14-8-2-3-9-7(6-12)4-11(13)15-10(9)5-8/h2-5H,6,12H2,1H3/p+1. The Morgan fingerprint density at radius 3 is 2.87 bits per heavy atom. The predicted octanol–water partition coefficient (Wildman–Crippen LogP) is 0.544. The van der Waals surface area contributed by atoms with Crippen LogP contribution in [0.4, 0.5) is 0 Å². The Kier molecular flexibility index (Phi) is 2.43. The van der Waals surface area contributed by atoms with Crippen LogP contribution in [0.3, 0.4) is 0 Å². The van der Waals surface area contributed by atoms with E-state index < -0.39 is 0 Å². The van der Waals surface area contributed by atoms with Crippen molar-refractivity contribution in [1.82, 2.24) is 0 Å². The fourth-order valence-electron chi connectivity index (χ4n) is 1.54. The van der Waals surface area contributed by atoms with E-state index in [1.165, 1.54) is 6.07 Å². The van der Waals surface area contributed by atoms with E-state index in [9.17, 15) is 4.79 Å². The minimum absolute atomic E-state index is 0.352. The summed E-state index contributed by atoms with van der Waals surface area (Å²) < 4.78 is 10.1. The van der Waals surface area contributed by atoms with Crippen LogP contribution in [0.25, 0.3) is 11.0 Å². The summed E-state index contributed by atoms with van der Waals surface area (Å²) in [5.41, 5.74) is 4.86. The number of methoxy groups -OCH3 is 1. The molecule has 0 saturated carbocycles. The van der Waals surface area contributed by atoms with Crippen molar-refractivity contribution in [3.63, 3.8) is 0 Å². The van der Waals surface area contributed by atoms with Gasteiger partial charge in [-0.1, -0.05) is 0 Å². The summed E-state index contributed by atoms with van der Waals surface area (Å²) in [6.45, 7) is 0.564. The number of quaternary nitrogens is 1. The minimum Gasteiger partial charge on any atom is -0.497 e. The molecule has 0 aliphatic rings. The molecule has 0 unspecified atom stereocenters. The summed E-state index contributed by atoms with van der Waals surface area (Å²) in [7, 11) is 1.57. The largest absolute Gasteiger partial charge is 0.497 e. The molecule has 0 aliphatic heterocycles. The maximum absolute atomic E-state index is 11.2. The van der Waals surface area contributed by atoms with Crippen LogP contribution in [0.1, 0.15) is 5.56 Å². The van der Waals surface area contributed by atoms with Crippen LogP contribution in [0.2, 0.25) is 0 Å². The van der Waals surface area contributed by atoms with Crippen molar-refractivity contribution in [1.29, 1.82) is 0 Å². The molecule has 78 valence electrons. The second-order valence-corrected chi connectivity index (χ2v) is 3.20. The lowest BCUT2D eigenvalue weighted by Crippen LogP contribution is -2.47. The first-order valence-corrected chi connectivity index (χ1v) is 4.64. The van der Waals surface area contributed by atoms with Crippen molar-refractivity contribution in [2.75, 3.05) is 7.11 Å². The summed E-state index contributed by atoms with van der Waals surface area (Å²) in [4.78, 5) is 11.2. The van der Waals surface area contributed by atoms with Gasteiger partial charge in [-0.2, -0.15) is 0 Å². The van der Waals surface area contributed by atoms with Crippen molar-refractivity contribution in [3.05, 3.63) is 40.2 Å². The SMILES string of the molecule is COc1ccc2c(C[NH3+])cc(=O)oc2c1. The van der Waals surface area contributed by atoms with Crippen LogP contribution in [-0.2, 0) is 6.54 Å². The highest BCUT2D eigenvalue weighted by molar-refractivity contribution is 5.81. The second kappa shape index (κ2) is 3.74. The van der Waals surface area contributed by atoms with Gasteiger partial charge in [0.1, 0.15) is 17.9 Å². The number of ether oxygens (including phenoxy) is 1. The van der Waals surface area contributed by atoms with Crippen LogP contribution >= 0.6 is 0 Å². The monoisotopic (exact) mass is 206 g/mol. The van der Waals surface area contributed by atoms with Gasteiger partial charge in [-0.3, -0.25) is 0 Å². The molecule has 2 rings (SSSR count). The van der Waals surface area contributed by atoms with Gasteiger partial charge in [-0.05, 0) is 12.1 Å². The van der Waals surface area contributed by atoms with Crippen molar-refractivity contribution in [2.45, 2.75) is 6.54 Å². The normalized spacial score (nSPS) is 10.5. The van der Waals surface area contributed by atoms with E-state index >= 15 is 0 Å². The number of hydrogen-bond donors (Lipinski definition) is 1. The highest BCUT2D eigenvalue weighted by atomic mass is 16.5. The average Bonchev–Trinajstić information content (AvgIpc) is 2.26. The van der Waals surface area contributed by atoms with Crippen molar-refractivity contribution < 1.29 is 14.9 Å². The van der Waals surface area contributed by atoms with Gasteiger partial charge in [-0.25, -0.2) is 4.79 Å². The Hall–Kier alpha value is -1.81. The molecule has 0 bridgehead atoms. The Morgan fingerprint density at radius 1 is 1.40 bits per heavy atom. The van der Waals surface area contributed by atoms with E-state index in [0.717, 1.165) is 10.9 Å². The van der Waals surface area contributed by atoms with Crippen molar-refractivity contribution in [3.8, 4) is 5.75 Å². The molecule has 4 nitrogen and oxygen atoms in total. The molecule has 0 radical (unpaired) electrons. The summed E-state index contributed by atoms with van der Waals surface area (Å²) in [6, 6.07) is 6.89. The fourth-order valence-corrected chi connectivity index (χ4v) is 1.54. The lowest BCUT2D eigenvalue weighted by atomic mass is 10.1. The molecule has 0 atom stereocenters. The zero-order valence-corrected chi connectivity index (χ0v) is 8.45. The second-order valence-electron chi connectivity index (χ2n) is 3.20. The molecule has 4 heteroatoms. The molecule has 15 heavy (non-hydrogen) atoms. The van der Waals surface area contributed by atoms with E-state index in [2.05, 4.69) is 5.73 Å². The minimum atomic E-state index is -0.352. The zero-order chi connectivity index (χ0) is 10.8. The summed E-state index contributed by atoms with van der Waals surface area (Å²) in [5.74, 6) is 0.673. The van der Waals surface area contributed by atoms with E-state index in [0.29, 0.717) is 17.9 Å². The van der Waals surface area contributed by atoms with Gasteiger partial charge >= 0.3 is 5.63 Å². The topological polar surface area (TPSA) is 67.1 Å². The molecular formula is C11H12NO3+. The summed E-state index contributed by atoms with van der Waals surface area (Å²) in [5, 5.41) is 0.908. The fraction of sp³-hybridized carbons (Fsp3) is 0.182. The third-order valence-electron chi connectivity index (χ3n) is 2.31. The lowest BCUT2D eigenvalue weighted by Gasteiger charge is -2.03. The predicted molar refractivity (Wildman–Crippen MR) is 55.6 cm³/mol. The molecule has 2 aromatic rings. The van der Waals surface area contributed by atoms with Gasteiger partial charge in [0.05, 0.1) is 7.11 Å². The van der Waals surface area contributed by atoms with Crippen LogP contribution in [0.15, 0.2) is 33.5 Å². The number of rotatable bonds is 2. The van der Waals surface area contributed by atoms with E-state index in [1.54, 1.807) is 13.2 Å². The number of fused-ring (bicyclic) bond motifs is 1. The van der Waals surface area contributed by atoms with Crippen LogP contribution in [0.5, 0.6) is 5.75 Å². The lowest BCUT2D eigenvalue weighted by molar-refractivity contribution is -0.386. The molecule has 1 heterocycles. The van der Waals surface area contributed by atoms with Gasteiger partial charge in [0.15, 0.2) is 0 Å². The molecular weight excluding hydrogens is 194 g/mol. The Bertz CT molecular complexity index is 545. The summed E-state index contributed by atoms with van der Waals surface area (Å²) in [6.07, 6.45) is 0. The van der Waals surface area contributed by atoms with Crippen molar-refractivity contribution >= 4 is 11.0 Å². The quantitative estimate of drug-likeness (QED) is 0.729. The molecule has 1 aromatic carbocycles. The molecule has 0 saturated heterocycles. The third-order valence-corrected chi connectivity index (χ3v) is 2.31. The summed E-state index contributed by atoms with van der Waals surface area (Å²) >= 11 is 0. The molecule has 0 amide bonds. The maximum Gasteiger partial charge on any atom is 0.336 e. The first kappa shape index (κ1) is 9.73. The molecule has 0 spiro atoms.